The highest BCUT2D eigenvalue weighted by Crippen LogP contribution is 2.28. The van der Waals surface area contributed by atoms with Crippen LogP contribution < -0.4 is 10.1 Å². The van der Waals surface area contributed by atoms with E-state index in [4.69, 9.17) is 20.9 Å². The van der Waals surface area contributed by atoms with E-state index in [0.717, 1.165) is 18.4 Å². The lowest BCUT2D eigenvalue weighted by atomic mass is 10.1. The van der Waals surface area contributed by atoms with Gasteiger partial charge in [0.2, 0.25) is 5.88 Å². The zero-order valence-corrected chi connectivity index (χ0v) is 17.4. The van der Waals surface area contributed by atoms with Gasteiger partial charge in [-0.15, -0.1) is 0 Å². The number of aliphatic hydroxyl groups is 2. The molecule has 3 aromatic rings. The Labute approximate surface area is 183 Å². The molecule has 8 nitrogen and oxygen atoms in total. The fourth-order valence-electron chi connectivity index (χ4n) is 3.56. The summed E-state index contributed by atoms with van der Waals surface area (Å²) in [7, 11) is 0. The van der Waals surface area contributed by atoms with Crippen molar-refractivity contribution in [2.45, 2.75) is 44.6 Å². The average Bonchev–Trinajstić information content (AvgIpc) is 3.38. The van der Waals surface area contributed by atoms with Crippen LogP contribution in [0, 0.1) is 0 Å². The van der Waals surface area contributed by atoms with Crippen LogP contribution in [0.25, 0.3) is 11.3 Å². The highest BCUT2D eigenvalue weighted by Gasteiger charge is 2.27. The highest BCUT2D eigenvalue weighted by molar-refractivity contribution is 6.30. The van der Waals surface area contributed by atoms with Gasteiger partial charge in [0.25, 0.3) is 5.91 Å². The molecule has 0 aliphatic heterocycles. The molecule has 4 rings (SSSR count). The van der Waals surface area contributed by atoms with Crippen molar-refractivity contribution < 1.29 is 24.3 Å². The molecule has 1 amide bonds. The Morgan fingerprint density at radius 2 is 2.03 bits per heavy atom. The molecular weight excluding hydrogens is 422 g/mol. The van der Waals surface area contributed by atoms with E-state index in [2.05, 4.69) is 15.5 Å². The maximum Gasteiger partial charge on any atom is 0.253 e. The summed E-state index contributed by atoms with van der Waals surface area (Å²) in [4.78, 5) is 16.5. The summed E-state index contributed by atoms with van der Waals surface area (Å²) in [6.07, 6.45) is 3.29. The van der Waals surface area contributed by atoms with Crippen molar-refractivity contribution in [3.63, 3.8) is 0 Å². The van der Waals surface area contributed by atoms with Crippen LogP contribution in [0.15, 0.2) is 47.1 Å². The number of carbonyl (C=O) groups excluding carboxylic acids is 1. The quantitative estimate of drug-likeness (QED) is 0.513. The Kier molecular flexibility index (Phi) is 6.50. The second-order valence-corrected chi connectivity index (χ2v) is 7.79. The molecular formula is C22H22ClN3O5. The third-order valence-corrected chi connectivity index (χ3v) is 5.54. The first-order valence-corrected chi connectivity index (χ1v) is 10.3. The maximum absolute atomic E-state index is 12.4. The monoisotopic (exact) mass is 443 g/mol. The van der Waals surface area contributed by atoms with Gasteiger partial charge in [-0.05, 0) is 37.5 Å². The Hall–Kier alpha value is -2.94. The van der Waals surface area contributed by atoms with E-state index in [1.54, 1.807) is 36.4 Å². The van der Waals surface area contributed by atoms with Crippen molar-refractivity contribution >= 4 is 17.5 Å². The lowest BCUT2D eigenvalue weighted by Gasteiger charge is -2.16. The molecule has 1 aromatic carbocycles. The molecule has 2 atom stereocenters. The average molecular weight is 444 g/mol. The number of hydrogen-bond acceptors (Lipinski definition) is 7. The number of amides is 1. The van der Waals surface area contributed by atoms with Crippen molar-refractivity contribution in [3.8, 4) is 17.1 Å². The zero-order chi connectivity index (χ0) is 21.8. The maximum atomic E-state index is 12.4. The first-order valence-electron chi connectivity index (χ1n) is 9.97. The summed E-state index contributed by atoms with van der Waals surface area (Å²) >= 11 is 5.94. The number of rotatable bonds is 7. The Bertz CT molecular complexity index is 1040. The van der Waals surface area contributed by atoms with Crippen LogP contribution in [0.3, 0.4) is 0 Å². The molecule has 9 heteroatoms. The third kappa shape index (κ3) is 4.87. The Morgan fingerprint density at radius 3 is 2.68 bits per heavy atom. The second-order valence-electron chi connectivity index (χ2n) is 7.35. The van der Waals surface area contributed by atoms with E-state index in [9.17, 15) is 15.0 Å². The van der Waals surface area contributed by atoms with Crippen LogP contribution in [0.2, 0.25) is 5.02 Å². The molecule has 1 aliphatic rings. The van der Waals surface area contributed by atoms with E-state index in [1.807, 2.05) is 0 Å². The van der Waals surface area contributed by atoms with E-state index >= 15 is 0 Å². The summed E-state index contributed by atoms with van der Waals surface area (Å²) in [5.74, 6) is 0.331. The predicted octanol–water partition coefficient (Wildman–Crippen LogP) is 3.10. The van der Waals surface area contributed by atoms with Gasteiger partial charge in [0.05, 0.1) is 23.3 Å². The molecule has 31 heavy (non-hydrogen) atoms. The summed E-state index contributed by atoms with van der Waals surface area (Å²) < 4.78 is 11.0. The van der Waals surface area contributed by atoms with Gasteiger partial charge in [0.1, 0.15) is 18.9 Å². The minimum Gasteiger partial charge on any atom is -0.473 e. The molecule has 2 aromatic heterocycles. The molecule has 2 unspecified atom stereocenters. The van der Waals surface area contributed by atoms with Gasteiger partial charge in [-0.1, -0.05) is 28.9 Å². The number of benzene rings is 1. The van der Waals surface area contributed by atoms with Crippen LogP contribution in [0.5, 0.6) is 5.88 Å². The molecule has 0 radical (unpaired) electrons. The molecule has 3 N–H and O–H groups in total. The van der Waals surface area contributed by atoms with Crippen molar-refractivity contribution in [1.29, 1.82) is 0 Å². The zero-order valence-electron chi connectivity index (χ0n) is 16.6. The standard InChI is InChI=1S/C22H22ClN3O5/c23-15-7-4-13(5-8-15)21-16(19(11-27)31-26-21)12-30-20-9-6-14(10-24-20)22(29)25-17-2-1-3-18(17)28/h4-10,17-18,27-28H,1-3,11-12H2,(H,25,29). The van der Waals surface area contributed by atoms with Gasteiger partial charge in [0.15, 0.2) is 5.76 Å². The molecule has 162 valence electrons. The topological polar surface area (TPSA) is 118 Å². The van der Waals surface area contributed by atoms with Gasteiger partial charge < -0.3 is 24.8 Å². The number of aromatic nitrogens is 2. The van der Waals surface area contributed by atoms with Crippen LogP contribution in [0.1, 0.15) is 40.9 Å². The number of aliphatic hydroxyl groups excluding tert-OH is 2. The molecule has 0 spiro atoms. The number of ether oxygens (including phenoxy) is 1. The summed E-state index contributed by atoms with van der Waals surface area (Å²) in [6.45, 7) is -0.247. The Morgan fingerprint density at radius 1 is 1.23 bits per heavy atom. The number of carbonyl (C=O) groups is 1. The van der Waals surface area contributed by atoms with E-state index < -0.39 is 6.10 Å². The van der Waals surface area contributed by atoms with Crippen LogP contribution in [0.4, 0.5) is 0 Å². The smallest absolute Gasteiger partial charge is 0.253 e. The van der Waals surface area contributed by atoms with Crippen molar-refractivity contribution in [2.75, 3.05) is 0 Å². The lowest BCUT2D eigenvalue weighted by molar-refractivity contribution is 0.0873. The Balaban J connectivity index is 1.43. The van der Waals surface area contributed by atoms with Gasteiger partial charge >= 0.3 is 0 Å². The van der Waals surface area contributed by atoms with Gasteiger partial charge in [-0.2, -0.15) is 0 Å². The van der Waals surface area contributed by atoms with Crippen LogP contribution in [-0.2, 0) is 13.2 Å². The number of pyridine rings is 1. The fraction of sp³-hybridized carbons (Fsp3) is 0.318. The van der Waals surface area contributed by atoms with Crippen molar-refractivity contribution in [3.05, 3.63) is 64.5 Å². The first kappa shape index (κ1) is 21.3. The number of hydrogen-bond donors (Lipinski definition) is 3. The van der Waals surface area contributed by atoms with Crippen LogP contribution >= 0.6 is 11.6 Å². The van der Waals surface area contributed by atoms with Crippen molar-refractivity contribution in [1.82, 2.24) is 15.5 Å². The van der Waals surface area contributed by atoms with E-state index in [1.165, 1.54) is 6.20 Å². The minimum atomic E-state index is -0.501. The molecule has 2 heterocycles. The minimum absolute atomic E-state index is 0.0736. The molecule has 1 saturated carbocycles. The summed E-state index contributed by atoms with van der Waals surface area (Å²) in [5.41, 5.74) is 2.31. The molecule has 1 fully saturated rings. The number of nitrogens with one attached hydrogen (secondary N) is 1. The fourth-order valence-corrected chi connectivity index (χ4v) is 3.68. The lowest BCUT2D eigenvalue weighted by Crippen LogP contribution is -2.39. The largest absolute Gasteiger partial charge is 0.473 e. The van der Waals surface area contributed by atoms with Gasteiger partial charge in [-0.3, -0.25) is 4.79 Å². The molecule has 1 aliphatic carbocycles. The van der Waals surface area contributed by atoms with E-state index in [0.29, 0.717) is 39.9 Å². The van der Waals surface area contributed by atoms with Gasteiger partial charge in [-0.25, -0.2) is 4.98 Å². The first-order chi connectivity index (χ1) is 15.0. The second kappa shape index (κ2) is 9.47. The highest BCUT2D eigenvalue weighted by atomic mass is 35.5. The molecule has 0 saturated heterocycles. The predicted molar refractivity (Wildman–Crippen MR) is 113 cm³/mol. The van der Waals surface area contributed by atoms with Crippen LogP contribution in [-0.4, -0.2) is 38.4 Å². The third-order valence-electron chi connectivity index (χ3n) is 5.29. The van der Waals surface area contributed by atoms with E-state index in [-0.39, 0.29) is 25.2 Å². The summed E-state index contributed by atoms with van der Waals surface area (Å²) in [6, 6.07) is 10.1. The summed E-state index contributed by atoms with van der Waals surface area (Å²) in [5, 5.41) is 26.9. The SMILES string of the molecule is O=C(NC1CCCC1O)c1ccc(OCc2c(-c3ccc(Cl)cc3)noc2CO)nc1. The van der Waals surface area contributed by atoms with Gasteiger partial charge in [0, 0.05) is 22.8 Å². The molecule has 0 bridgehead atoms. The van der Waals surface area contributed by atoms with Crippen molar-refractivity contribution in [2.24, 2.45) is 0 Å². The number of nitrogens with zero attached hydrogens (tertiary/aromatic N) is 2. The number of halogens is 1. The normalized spacial score (nSPS) is 18.2.